The van der Waals surface area contributed by atoms with E-state index in [0.717, 1.165) is 12.5 Å². The predicted molar refractivity (Wildman–Crippen MR) is 81.8 cm³/mol. The smallest absolute Gasteiger partial charge is 0.0402 e. The monoisotopic (exact) mass is 258 g/mol. The quantitative estimate of drug-likeness (QED) is 0.892. The highest BCUT2D eigenvalue weighted by atomic mass is 15.2. The molecule has 0 aromatic heterocycles. The fraction of sp³-hybridized carbons (Fsp3) is 0.647. The lowest BCUT2D eigenvalue weighted by molar-refractivity contribution is 0.375. The lowest BCUT2D eigenvalue weighted by Crippen LogP contribution is -2.56. The largest absolute Gasteiger partial charge is 0.366 e. The number of anilines is 1. The summed E-state index contributed by atoms with van der Waals surface area (Å²) >= 11 is 0. The van der Waals surface area contributed by atoms with Crippen LogP contribution >= 0.6 is 0 Å². The molecular formula is C17H26N2. The maximum absolute atomic E-state index is 3.74. The first-order chi connectivity index (χ1) is 9.29. The van der Waals surface area contributed by atoms with Gasteiger partial charge in [0.05, 0.1) is 0 Å². The van der Waals surface area contributed by atoms with E-state index in [1.54, 1.807) is 0 Å². The van der Waals surface area contributed by atoms with Crippen molar-refractivity contribution in [1.82, 2.24) is 5.32 Å². The van der Waals surface area contributed by atoms with E-state index >= 15 is 0 Å². The molecule has 1 aromatic rings. The van der Waals surface area contributed by atoms with Gasteiger partial charge in [0.2, 0.25) is 0 Å². The van der Waals surface area contributed by atoms with Crippen LogP contribution in [0.5, 0.6) is 0 Å². The van der Waals surface area contributed by atoms with Crippen LogP contribution in [-0.2, 0) is 6.42 Å². The van der Waals surface area contributed by atoms with Gasteiger partial charge >= 0.3 is 0 Å². The first-order valence-corrected chi connectivity index (χ1v) is 7.87. The van der Waals surface area contributed by atoms with Gasteiger partial charge in [-0.3, -0.25) is 0 Å². The number of piperazine rings is 1. The van der Waals surface area contributed by atoms with Gasteiger partial charge in [0.25, 0.3) is 0 Å². The van der Waals surface area contributed by atoms with E-state index in [0.29, 0.717) is 12.1 Å². The van der Waals surface area contributed by atoms with E-state index in [9.17, 15) is 0 Å². The SMILES string of the molecule is CCCc1ccccc1N1CC(C2CC2)NCC1C. The molecule has 2 nitrogen and oxygen atoms in total. The molecule has 2 unspecified atom stereocenters. The number of nitrogens with one attached hydrogen (secondary N) is 1. The van der Waals surface area contributed by atoms with Crippen LogP contribution in [0.15, 0.2) is 24.3 Å². The van der Waals surface area contributed by atoms with Crippen molar-refractivity contribution in [3.8, 4) is 0 Å². The number of hydrogen-bond donors (Lipinski definition) is 1. The highest BCUT2D eigenvalue weighted by Gasteiger charge is 2.36. The van der Waals surface area contributed by atoms with Crippen LogP contribution in [0.25, 0.3) is 0 Å². The second kappa shape index (κ2) is 5.54. The topological polar surface area (TPSA) is 15.3 Å². The predicted octanol–water partition coefficient (Wildman–Crippen LogP) is 3.22. The fourth-order valence-electron chi connectivity index (χ4n) is 3.31. The Bertz CT molecular complexity index is 425. The second-order valence-electron chi connectivity index (χ2n) is 6.23. The lowest BCUT2D eigenvalue weighted by Gasteiger charge is -2.41. The van der Waals surface area contributed by atoms with Crippen molar-refractivity contribution < 1.29 is 0 Å². The minimum atomic E-state index is 0.605. The van der Waals surface area contributed by atoms with Gasteiger partial charge in [-0.15, -0.1) is 0 Å². The molecule has 1 aliphatic heterocycles. The number of hydrogen-bond acceptors (Lipinski definition) is 2. The minimum Gasteiger partial charge on any atom is -0.366 e. The first-order valence-electron chi connectivity index (χ1n) is 7.87. The molecule has 1 heterocycles. The molecule has 2 atom stereocenters. The van der Waals surface area contributed by atoms with Crippen molar-refractivity contribution in [2.45, 2.75) is 51.6 Å². The van der Waals surface area contributed by atoms with Gasteiger partial charge in [0.15, 0.2) is 0 Å². The molecule has 2 fully saturated rings. The van der Waals surface area contributed by atoms with E-state index in [-0.39, 0.29) is 0 Å². The summed E-state index contributed by atoms with van der Waals surface area (Å²) in [5, 5.41) is 3.74. The van der Waals surface area contributed by atoms with Crippen LogP contribution in [0.3, 0.4) is 0 Å². The molecule has 0 radical (unpaired) electrons. The van der Waals surface area contributed by atoms with Crippen LogP contribution in [0.4, 0.5) is 5.69 Å². The first kappa shape index (κ1) is 13.0. The third-order valence-electron chi connectivity index (χ3n) is 4.61. The van der Waals surface area contributed by atoms with Crippen molar-refractivity contribution >= 4 is 5.69 Å². The summed E-state index contributed by atoms with van der Waals surface area (Å²) in [5.41, 5.74) is 3.00. The maximum atomic E-state index is 3.74. The summed E-state index contributed by atoms with van der Waals surface area (Å²) < 4.78 is 0. The van der Waals surface area contributed by atoms with Crippen LogP contribution in [-0.4, -0.2) is 25.2 Å². The average Bonchev–Trinajstić information content (AvgIpc) is 3.25. The Kier molecular flexibility index (Phi) is 3.79. The molecule has 1 aliphatic carbocycles. The molecule has 1 aromatic carbocycles. The Balaban J connectivity index is 1.81. The van der Waals surface area contributed by atoms with Gasteiger partial charge in [-0.05, 0) is 43.7 Å². The summed E-state index contributed by atoms with van der Waals surface area (Å²) in [5.74, 6) is 0.938. The van der Waals surface area contributed by atoms with Crippen molar-refractivity contribution in [3.05, 3.63) is 29.8 Å². The Labute approximate surface area is 117 Å². The van der Waals surface area contributed by atoms with Gasteiger partial charge in [0.1, 0.15) is 0 Å². The Morgan fingerprint density at radius 3 is 2.79 bits per heavy atom. The molecule has 3 rings (SSSR count). The van der Waals surface area contributed by atoms with E-state index in [4.69, 9.17) is 0 Å². The zero-order valence-electron chi connectivity index (χ0n) is 12.2. The molecule has 19 heavy (non-hydrogen) atoms. The molecular weight excluding hydrogens is 232 g/mol. The van der Waals surface area contributed by atoms with Gasteiger partial charge < -0.3 is 10.2 Å². The highest BCUT2D eigenvalue weighted by Crippen LogP contribution is 2.35. The van der Waals surface area contributed by atoms with Crippen LogP contribution in [0.1, 0.15) is 38.7 Å². The van der Waals surface area contributed by atoms with Gasteiger partial charge in [-0.2, -0.15) is 0 Å². The zero-order chi connectivity index (χ0) is 13.2. The minimum absolute atomic E-state index is 0.605. The standard InChI is InChI=1S/C17H26N2/c1-3-6-15-7-4-5-8-17(15)19-12-16(14-9-10-14)18-11-13(19)2/h4-5,7-8,13-14,16,18H,3,6,9-12H2,1-2H3. The van der Waals surface area contributed by atoms with E-state index in [1.165, 1.54) is 43.5 Å². The summed E-state index contributed by atoms with van der Waals surface area (Å²) in [6.45, 7) is 6.93. The van der Waals surface area contributed by atoms with Crippen molar-refractivity contribution in [1.29, 1.82) is 0 Å². The zero-order valence-corrected chi connectivity index (χ0v) is 12.2. The van der Waals surface area contributed by atoms with E-state index < -0.39 is 0 Å². The van der Waals surface area contributed by atoms with Crippen molar-refractivity contribution in [3.63, 3.8) is 0 Å². The van der Waals surface area contributed by atoms with Crippen LogP contribution < -0.4 is 10.2 Å². The summed E-state index contributed by atoms with van der Waals surface area (Å²) in [6, 6.07) is 10.3. The Morgan fingerprint density at radius 2 is 2.05 bits per heavy atom. The molecule has 1 N–H and O–H groups in total. The summed E-state index contributed by atoms with van der Waals surface area (Å²) in [7, 11) is 0. The van der Waals surface area contributed by atoms with Crippen LogP contribution in [0.2, 0.25) is 0 Å². The van der Waals surface area contributed by atoms with Gasteiger partial charge in [-0.25, -0.2) is 0 Å². The molecule has 0 bridgehead atoms. The maximum Gasteiger partial charge on any atom is 0.0402 e. The number of benzene rings is 1. The molecule has 2 aliphatic rings. The Hall–Kier alpha value is -1.02. The highest BCUT2D eigenvalue weighted by molar-refractivity contribution is 5.55. The van der Waals surface area contributed by atoms with Gasteiger partial charge in [-0.1, -0.05) is 31.5 Å². The molecule has 0 amide bonds. The second-order valence-corrected chi connectivity index (χ2v) is 6.23. The number of rotatable bonds is 4. The van der Waals surface area contributed by atoms with Crippen LogP contribution in [0, 0.1) is 5.92 Å². The van der Waals surface area contributed by atoms with E-state index in [2.05, 4.69) is 48.3 Å². The van der Waals surface area contributed by atoms with Gasteiger partial charge in [0, 0.05) is 30.9 Å². The molecule has 1 saturated heterocycles. The lowest BCUT2D eigenvalue weighted by atomic mass is 10.0. The average molecular weight is 258 g/mol. The third kappa shape index (κ3) is 2.79. The number of nitrogens with zero attached hydrogens (tertiary/aromatic N) is 1. The molecule has 0 spiro atoms. The Morgan fingerprint density at radius 1 is 1.26 bits per heavy atom. The molecule has 1 saturated carbocycles. The normalized spacial score (nSPS) is 27.6. The van der Waals surface area contributed by atoms with E-state index in [1.807, 2.05) is 0 Å². The molecule has 2 heteroatoms. The summed E-state index contributed by atoms with van der Waals surface area (Å²) in [6.07, 6.45) is 5.28. The third-order valence-corrected chi connectivity index (χ3v) is 4.61. The number of aryl methyl sites for hydroxylation is 1. The summed E-state index contributed by atoms with van der Waals surface area (Å²) in [4.78, 5) is 2.64. The number of para-hydroxylation sites is 1. The molecule has 104 valence electrons. The fourth-order valence-corrected chi connectivity index (χ4v) is 3.31. The van der Waals surface area contributed by atoms with Crippen molar-refractivity contribution in [2.75, 3.05) is 18.0 Å². The van der Waals surface area contributed by atoms with Crippen molar-refractivity contribution in [2.24, 2.45) is 5.92 Å².